The van der Waals surface area contributed by atoms with Crippen LogP contribution in [0.5, 0.6) is 0 Å². The number of hydrogen-bond donors (Lipinski definition) is 2. The summed E-state index contributed by atoms with van der Waals surface area (Å²) in [4.78, 5) is 0.234. The van der Waals surface area contributed by atoms with Crippen LogP contribution in [-0.2, 0) is 16.6 Å². The Labute approximate surface area is 114 Å². The fraction of sp³-hybridized carbons (Fsp3) is 0.182. The maximum atomic E-state index is 12.0. The maximum absolute atomic E-state index is 12.0. The monoisotopic (exact) mass is 329 g/mol. The Morgan fingerprint density at radius 1 is 1.44 bits per heavy atom. The summed E-state index contributed by atoms with van der Waals surface area (Å²) in [6.45, 7) is 2.06. The van der Waals surface area contributed by atoms with Crippen LogP contribution in [-0.4, -0.2) is 18.6 Å². The lowest BCUT2D eigenvalue weighted by atomic mass is 10.3. The molecule has 0 aliphatic heterocycles. The third kappa shape index (κ3) is 2.98. The first-order chi connectivity index (χ1) is 8.49. The van der Waals surface area contributed by atoms with Crippen LogP contribution in [0, 0.1) is 6.92 Å². The molecule has 2 aromatic rings. The number of aromatic amines is 1. The zero-order chi connectivity index (χ0) is 13.2. The van der Waals surface area contributed by atoms with Crippen LogP contribution in [0.3, 0.4) is 0 Å². The second-order valence-corrected chi connectivity index (χ2v) is 6.48. The molecule has 0 saturated heterocycles. The van der Waals surface area contributed by atoms with Crippen molar-refractivity contribution in [2.75, 3.05) is 0 Å². The van der Waals surface area contributed by atoms with Crippen LogP contribution < -0.4 is 4.72 Å². The average molecular weight is 330 g/mol. The molecule has 0 fully saturated rings. The van der Waals surface area contributed by atoms with Gasteiger partial charge in [0.2, 0.25) is 10.0 Å². The minimum atomic E-state index is -3.50. The van der Waals surface area contributed by atoms with E-state index in [1.807, 2.05) is 6.92 Å². The molecule has 0 atom stereocenters. The van der Waals surface area contributed by atoms with Crippen molar-refractivity contribution in [1.82, 2.24) is 14.9 Å². The highest BCUT2D eigenvalue weighted by Gasteiger charge is 2.14. The van der Waals surface area contributed by atoms with E-state index in [1.165, 1.54) is 0 Å². The first kappa shape index (κ1) is 13.3. The van der Waals surface area contributed by atoms with E-state index in [9.17, 15) is 8.42 Å². The fourth-order valence-electron chi connectivity index (χ4n) is 1.44. The van der Waals surface area contributed by atoms with E-state index in [0.29, 0.717) is 0 Å². The molecule has 2 N–H and O–H groups in total. The van der Waals surface area contributed by atoms with Gasteiger partial charge in [0.1, 0.15) is 0 Å². The Balaban J connectivity index is 2.16. The Bertz CT molecular complexity index is 652. The van der Waals surface area contributed by atoms with Gasteiger partial charge in [-0.05, 0) is 25.1 Å². The number of aromatic nitrogens is 2. The predicted molar refractivity (Wildman–Crippen MR) is 71.5 cm³/mol. The molecule has 0 spiro atoms. The van der Waals surface area contributed by atoms with Gasteiger partial charge in [0.05, 0.1) is 11.1 Å². The molecule has 1 heterocycles. The third-order valence-corrected chi connectivity index (χ3v) is 4.39. The molecule has 0 unspecified atom stereocenters. The molecule has 18 heavy (non-hydrogen) atoms. The molecule has 0 aliphatic rings. The number of H-pyrrole nitrogens is 1. The minimum Gasteiger partial charge on any atom is -0.283 e. The summed E-state index contributed by atoms with van der Waals surface area (Å²) in [6, 6.07) is 6.57. The van der Waals surface area contributed by atoms with Gasteiger partial charge in [0.15, 0.2) is 0 Å². The van der Waals surface area contributed by atoms with E-state index < -0.39 is 10.0 Å². The summed E-state index contributed by atoms with van der Waals surface area (Å²) in [6.07, 6.45) is 1.61. The zero-order valence-corrected chi connectivity index (χ0v) is 12.0. The first-order valence-corrected chi connectivity index (χ1v) is 7.51. The molecule has 0 saturated carbocycles. The molecule has 1 aromatic heterocycles. The lowest BCUT2D eigenvalue weighted by Crippen LogP contribution is -2.23. The van der Waals surface area contributed by atoms with Crippen molar-refractivity contribution in [2.45, 2.75) is 18.4 Å². The Morgan fingerprint density at radius 3 is 2.83 bits per heavy atom. The van der Waals surface area contributed by atoms with E-state index in [4.69, 9.17) is 0 Å². The van der Waals surface area contributed by atoms with Gasteiger partial charge in [-0.25, -0.2) is 13.1 Å². The van der Waals surface area contributed by atoms with Crippen molar-refractivity contribution in [1.29, 1.82) is 0 Å². The number of rotatable bonds is 4. The Kier molecular flexibility index (Phi) is 3.84. The Morgan fingerprint density at radius 2 is 2.22 bits per heavy atom. The summed E-state index contributed by atoms with van der Waals surface area (Å²) in [5, 5.41) is 6.60. The molecule has 5 nitrogen and oxygen atoms in total. The largest absolute Gasteiger partial charge is 0.283 e. The quantitative estimate of drug-likeness (QED) is 0.900. The van der Waals surface area contributed by atoms with Crippen LogP contribution in [0.2, 0.25) is 0 Å². The molecular weight excluding hydrogens is 318 g/mol. The predicted octanol–water partition coefficient (Wildman–Crippen LogP) is 1.96. The van der Waals surface area contributed by atoms with Crippen LogP contribution in [0.15, 0.2) is 39.8 Å². The number of halogens is 1. The van der Waals surface area contributed by atoms with E-state index in [-0.39, 0.29) is 11.4 Å². The van der Waals surface area contributed by atoms with Gasteiger partial charge in [-0.1, -0.05) is 22.0 Å². The highest BCUT2D eigenvalue weighted by atomic mass is 79.9. The van der Waals surface area contributed by atoms with Crippen LogP contribution in [0.25, 0.3) is 0 Å². The summed E-state index contributed by atoms with van der Waals surface area (Å²) >= 11 is 3.25. The molecule has 1 aromatic carbocycles. The van der Waals surface area contributed by atoms with Crippen molar-refractivity contribution in [2.24, 2.45) is 0 Å². The van der Waals surface area contributed by atoms with Crippen molar-refractivity contribution in [3.63, 3.8) is 0 Å². The fourth-order valence-corrected chi connectivity index (χ4v) is 3.05. The topological polar surface area (TPSA) is 74.8 Å². The number of nitrogens with zero attached hydrogens (tertiary/aromatic N) is 1. The highest BCUT2D eigenvalue weighted by Crippen LogP contribution is 2.16. The van der Waals surface area contributed by atoms with Crippen LogP contribution >= 0.6 is 15.9 Å². The van der Waals surface area contributed by atoms with Crippen molar-refractivity contribution in [3.05, 3.63) is 46.2 Å². The summed E-state index contributed by atoms with van der Waals surface area (Å²) in [5.74, 6) is 0. The van der Waals surface area contributed by atoms with Gasteiger partial charge in [-0.3, -0.25) is 5.10 Å². The lowest BCUT2D eigenvalue weighted by Gasteiger charge is -2.06. The standard InChI is InChI=1S/C11H12BrN3O2S/c1-8-9(6-13-15-8)7-14-18(16,17)11-4-2-3-10(12)5-11/h2-6,14H,7H2,1H3,(H,13,15). The summed E-state index contributed by atoms with van der Waals surface area (Å²) in [7, 11) is -3.50. The van der Waals surface area contributed by atoms with Gasteiger partial charge in [0, 0.05) is 22.3 Å². The number of hydrogen-bond acceptors (Lipinski definition) is 3. The van der Waals surface area contributed by atoms with E-state index in [0.717, 1.165) is 15.7 Å². The SMILES string of the molecule is Cc1[nH]ncc1CNS(=O)(=O)c1cccc(Br)c1. The van der Waals surface area contributed by atoms with Crippen LogP contribution in [0.1, 0.15) is 11.3 Å². The molecule has 0 amide bonds. The van der Waals surface area contributed by atoms with E-state index in [1.54, 1.807) is 30.5 Å². The van der Waals surface area contributed by atoms with Gasteiger partial charge < -0.3 is 0 Å². The molecule has 0 aliphatic carbocycles. The second kappa shape index (κ2) is 5.21. The maximum Gasteiger partial charge on any atom is 0.240 e. The van der Waals surface area contributed by atoms with Gasteiger partial charge in [-0.15, -0.1) is 0 Å². The van der Waals surface area contributed by atoms with Crippen LogP contribution in [0.4, 0.5) is 0 Å². The average Bonchev–Trinajstić information content (AvgIpc) is 2.72. The summed E-state index contributed by atoms with van der Waals surface area (Å²) in [5.41, 5.74) is 1.68. The Hall–Kier alpha value is -1.18. The minimum absolute atomic E-state index is 0.219. The van der Waals surface area contributed by atoms with Gasteiger partial charge in [-0.2, -0.15) is 5.10 Å². The summed E-state index contributed by atoms with van der Waals surface area (Å²) < 4.78 is 27.3. The van der Waals surface area contributed by atoms with Crippen molar-refractivity contribution >= 4 is 26.0 Å². The molecule has 2 rings (SSSR count). The zero-order valence-electron chi connectivity index (χ0n) is 9.64. The molecule has 0 bridgehead atoms. The molecule has 96 valence electrons. The number of nitrogens with one attached hydrogen (secondary N) is 2. The van der Waals surface area contributed by atoms with Crippen molar-refractivity contribution < 1.29 is 8.42 Å². The first-order valence-electron chi connectivity index (χ1n) is 5.23. The molecule has 0 radical (unpaired) electrons. The second-order valence-electron chi connectivity index (χ2n) is 3.80. The number of benzene rings is 1. The van der Waals surface area contributed by atoms with Gasteiger partial charge in [0.25, 0.3) is 0 Å². The molecular formula is C11H12BrN3O2S. The normalized spacial score (nSPS) is 11.7. The lowest BCUT2D eigenvalue weighted by molar-refractivity contribution is 0.581. The van der Waals surface area contributed by atoms with Crippen molar-refractivity contribution in [3.8, 4) is 0 Å². The number of aryl methyl sites for hydroxylation is 1. The molecule has 7 heteroatoms. The van der Waals surface area contributed by atoms with E-state index in [2.05, 4.69) is 30.8 Å². The van der Waals surface area contributed by atoms with E-state index >= 15 is 0 Å². The third-order valence-electron chi connectivity index (χ3n) is 2.49. The smallest absolute Gasteiger partial charge is 0.240 e. The van der Waals surface area contributed by atoms with Gasteiger partial charge >= 0.3 is 0 Å². The highest BCUT2D eigenvalue weighted by molar-refractivity contribution is 9.10. The number of sulfonamides is 1.